The van der Waals surface area contributed by atoms with Crippen molar-refractivity contribution < 1.29 is 14.3 Å². The molecule has 0 radical (unpaired) electrons. The predicted octanol–water partition coefficient (Wildman–Crippen LogP) is 3.73. The van der Waals surface area contributed by atoms with Gasteiger partial charge in [-0.2, -0.15) is 0 Å². The first-order valence-electron chi connectivity index (χ1n) is 8.38. The summed E-state index contributed by atoms with van der Waals surface area (Å²) >= 11 is 0. The minimum atomic E-state index is -0.541. The monoisotopic (exact) mass is 327 g/mol. The highest BCUT2D eigenvalue weighted by molar-refractivity contribution is 5.80. The van der Waals surface area contributed by atoms with Crippen molar-refractivity contribution in [2.75, 3.05) is 6.61 Å². The molecule has 1 unspecified atom stereocenters. The normalized spacial score (nSPS) is 11.6. The van der Waals surface area contributed by atoms with E-state index in [-0.39, 0.29) is 5.91 Å². The van der Waals surface area contributed by atoms with Crippen LogP contribution in [-0.2, 0) is 17.8 Å². The van der Waals surface area contributed by atoms with Crippen LogP contribution in [0.1, 0.15) is 31.9 Å². The molecule has 2 rings (SSSR count). The standard InChI is InChI=1S/C20H25NO3/c1-4-17-8-6-7-9-19(17)24-15(3)20(22)21-14-16-10-12-18(13-11-16)23-5-2/h6-13,15H,4-5,14H2,1-3H3,(H,21,22). The van der Waals surface area contributed by atoms with Gasteiger partial charge in [-0.15, -0.1) is 0 Å². The highest BCUT2D eigenvalue weighted by Gasteiger charge is 2.15. The van der Waals surface area contributed by atoms with E-state index in [4.69, 9.17) is 9.47 Å². The minimum Gasteiger partial charge on any atom is -0.494 e. The number of ether oxygens (including phenoxy) is 2. The Morgan fingerprint density at radius 2 is 1.79 bits per heavy atom. The third kappa shape index (κ3) is 5.01. The van der Waals surface area contributed by atoms with Crippen LogP contribution < -0.4 is 14.8 Å². The number of hydrogen-bond donors (Lipinski definition) is 1. The Morgan fingerprint density at radius 1 is 1.08 bits per heavy atom. The van der Waals surface area contributed by atoms with Gasteiger partial charge in [0.15, 0.2) is 6.10 Å². The van der Waals surface area contributed by atoms with E-state index in [1.54, 1.807) is 6.92 Å². The molecule has 4 heteroatoms. The fourth-order valence-corrected chi connectivity index (χ4v) is 2.36. The Hall–Kier alpha value is -2.49. The third-order valence-electron chi connectivity index (χ3n) is 3.73. The number of aryl methyl sites for hydroxylation is 1. The zero-order chi connectivity index (χ0) is 17.4. The number of nitrogens with one attached hydrogen (secondary N) is 1. The smallest absolute Gasteiger partial charge is 0.261 e. The average Bonchev–Trinajstić information content (AvgIpc) is 2.61. The molecule has 2 aromatic carbocycles. The first kappa shape index (κ1) is 17.9. The number of rotatable bonds is 8. The summed E-state index contributed by atoms with van der Waals surface area (Å²) in [5.41, 5.74) is 2.12. The van der Waals surface area contributed by atoms with E-state index in [1.807, 2.05) is 55.5 Å². The van der Waals surface area contributed by atoms with E-state index in [2.05, 4.69) is 12.2 Å². The summed E-state index contributed by atoms with van der Waals surface area (Å²) < 4.78 is 11.2. The molecule has 1 atom stereocenters. The number of hydrogen-bond acceptors (Lipinski definition) is 3. The van der Waals surface area contributed by atoms with Crippen LogP contribution in [0.2, 0.25) is 0 Å². The van der Waals surface area contributed by atoms with E-state index >= 15 is 0 Å². The molecule has 0 heterocycles. The summed E-state index contributed by atoms with van der Waals surface area (Å²) in [6.07, 6.45) is 0.330. The maximum absolute atomic E-state index is 12.2. The highest BCUT2D eigenvalue weighted by Crippen LogP contribution is 2.19. The SMILES string of the molecule is CCOc1ccc(CNC(=O)C(C)Oc2ccccc2CC)cc1. The predicted molar refractivity (Wildman–Crippen MR) is 95.4 cm³/mol. The minimum absolute atomic E-state index is 0.130. The lowest BCUT2D eigenvalue weighted by Crippen LogP contribution is -2.36. The zero-order valence-electron chi connectivity index (χ0n) is 14.5. The molecule has 0 aromatic heterocycles. The fourth-order valence-electron chi connectivity index (χ4n) is 2.36. The summed E-state index contributed by atoms with van der Waals surface area (Å²) in [4.78, 5) is 12.2. The molecule has 1 N–H and O–H groups in total. The van der Waals surface area contributed by atoms with Crippen molar-refractivity contribution >= 4 is 5.91 Å². The van der Waals surface area contributed by atoms with Gasteiger partial charge in [0.2, 0.25) is 0 Å². The van der Waals surface area contributed by atoms with Crippen molar-refractivity contribution in [1.82, 2.24) is 5.32 Å². The first-order valence-corrected chi connectivity index (χ1v) is 8.38. The molecule has 0 saturated carbocycles. The van der Waals surface area contributed by atoms with Crippen LogP contribution in [0.3, 0.4) is 0 Å². The third-order valence-corrected chi connectivity index (χ3v) is 3.73. The molecule has 0 spiro atoms. The van der Waals surface area contributed by atoms with Gasteiger partial charge in [-0.3, -0.25) is 4.79 Å². The van der Waals surface area contributed by atoms with E-state index in [0.717, 1.165) is 29.0 Å². The zero-order valence-corrected chi connectivity index (χ0v) is 14.5. The van der Waals surface area contributed by atoms with Gasteiger partial charge in [0.1, 0.15) is 11.5 Å². The molecule has 0 aliphatic rings. The maximum atomic E-state index is 12.2. The molecular weight excluding hydrogens is 302 g/mol. The largest absolute Gasteiger partial charge is 0.494 e. The Balaban J connectivity index is 1.87. The lowest BCUT2D eigenvalue weighted by atomic mass is 10.1. The van der Waals surface area contributed by atoms with Crippen molar-refractivity contribution in [2.45, 2.75) is 39.8 Å². The Labute approximate surface area is 143 Å². The number of carbonyl (C=O) groups is 1. The molecule has 24 heavy (non-hydrogen) atoms. The van der Waals surface area contributed by atoms with E-state index in [9.17, 15) is 4.79 Å². The van der Waals surface area contributed by atoms with Gasteiger partial charge in [-0.25, -0.2) is 0 Å². The van der Waals surface area contributed by atoms with Crippen molar-refractivity contribution in [3.05, 3.63) is 59.7 Å². The quantitative estimate of drug-likeness (QED) is 0.803. The molecule has 0 saturated heterocycles. The summed E-state index contributed by atoms with van der Waals surface area (Å²) in [5.74, 6) is 1.47. The van der Waals surface area contributed by atoms with Gasteiger partial charge in [0, 0.05) is 6.54 Å². The molecule has 2 aromatic rings. The topological polar surface area (TPSA) is 47.6 Å². The van der Waals surface area contributed by atoms with Gasteiger partial charge in [-0.1, -0.05) is 37.3 Å². The van der Waals surface area contributed by atoms with Gasteiger partial charge in [-0.05, 0) is 49.6 Å². The van der Waals surface area contributed by atoms with E-state index < -0.39 is 6.10 Å². The molecule has 128 valence electrons. The average molecular weight is 327 g/mol. The van der Waals surface area contributed by atoms with Crippen LogP contribution in [0.25, 0.3) is 0 Å². The molecule has 0 aliphatic heterocycles. The number of para-hydroxylation sites is 1. The molecule has 0 aliphatic carbocycles. The van der Waals surface area contributed by atoms with Crippen LogP contribution in [0.5, 0.6) is 11.5 Å². The van der Waals surface area contributed by atoms with Crippen LogP contribution in [-0.4, -0.2) is 18.6 Å². The highest BCUT2D eigenvalue weighted by atomic mass is 16.5. The van der Waals surface area contributed by atoms with Gasteiger partial charge >= 0.3 is 0 Å². The number of carbonyl (C=O) groups excluding carboxylic acids is 1. The van der Waals surface area contributed by atoms with Gasteiger partial charge < -0.3 is 14.8 Å². The lowest BCUT2D eigenvalue weighted by Gasteiger charge is -2.17. The molecular formula is C20H25NO3. The summed E-state index contributed by atoms with van der Waals surface area (Å²) in [6.45, 7) is 6.89. The first-order chi connectivity index (χ1) is 11.6. The maximum Gasteiger partial charge on any atom is 0.261 e. The summed E-state index contributed by atoms with van der Waals surface area (Å²) in [7, 11) is 0. The fraction of sp³-hybridized carbons (Fsp3) is 0.350. The molecule has 0 fully saturated rings. The Kier molecular flexibility index (Phi) is 6.67. The van der Waals surface area contributed by atoms with Crippen molar-refractivity contribution in [2.24, 2.45) is 0 Å². The van der Waals surface area contributed by atoms with Crippen molar-refractivity contribution in [3.63, 3.8) is 0 Å². The van der Waals surface area contributed by atoms with Crippen LogP contribution in [0.15, 0.2) is 48.5 Å². The Bertz CT molecular complexity index is 652. The van der Waals surface area contributed by atoms with Crippen molar-refractivity contribution in [3.8, 4) is 11.5 Å². The number of benzene rings is 2. The second-order valence-electron chi connectivity index (χ2n) is 5.52. The number of amides is 1. The molecule has 4 nitrogen and oxygen atoms in total. The second kappa shape index (κ2) is 8.96. The van der Waals surface area contributed by atoms with Crippen LogP contribution >= 0.6 is 0 Å². The lowest BCUT2D eigenvalue weighted by molar-refractivity contribution is -0.127. The molecule has 1 amide bonds. The van der Waals surface area contributed by atoms with E-state index in [0.29, 0.717) is 13.2 Å². The van der Waals surface area contributed by atoms with Crippen LogP contribution in [0, 0.1) is 0 Å². The molecule has 0 bridgehead atoms. The van der Waals surface area contributed by atoms with Gasteiger partial charge in [0.05, 0.1) is 6.61 Å². The van der Waals surface area contributed by atoms with Crippen molar-refractivity contribution in [1.29, 1.82) is 0 Å². The Morgan fingerprint density at radius 3 is 2.46 bits per heavy atom. The van der Waals surface area contributed by atoms with E-state index in [1.165, 1.54) is 0 Å². The summed E-state index contributed by atoms with van der Waals surface area (Å²) in [6, 6.07) is 15.5. The van der Waals surface area contributed by atoms with Gasteiger partial charge in [0.25, 0.3) is 5.91 Å². The summed E-state index contributed by atoms with van der Waals surface area (Å²) in [5, 5.41) is 2.90. The second-order valence-corrected chi connectivity index (χ2v) is 5.52. The van der Waals surface area contributed by atoms with Crippen LogP contribution in [0.4, 0.5) is 0 Å².